The van der Waals surface area contributed by atoms with Gasteiger partial charge in [-0.3, -0.25) is 0 Å². The summed E-state index contributed by atoms with van der Waals surface area (Å²) in [5, 5.41) is 1.13. The summed E-state index contributed by atoms with van der Waals surface area (Å²) in [5.74, 6) is 0. The highest BCUT2D eigenvalue weighted by atomic mass is 28.4. The molecule has 236 valence electrons. The molecule has 0 spiro atoms. The highest BCUT2D eigenvalue weighted by Crippen LogP contribution is 2.37. The summed E-state index contributed by atoms with van der Waals surface area (Å²) in [7, 11) is -2.47. The van der Waals surface area contributed by atoms with Crippen LogP contribution < -0.4 is 15.0 Å². The van der Waals surface area contributed by atoms with E-state index in [4.69, 9.17) is 8.85 Å². The fourth-order valence-electron chi connectivity index (χ4n) is 6.02. The van der Waals surface area contributed by atoms with Crippen molar-refractivity contribution < 1.29 is 8.85 Å². The van der Waals surface area contributed by atoms with Gasteiger partial charge in [-0.1, -0.05) is 90.5 Å². The Balaban J connectivity index is 1.30. The van der Waals surface area contributed by atoms with Crippen LogP contribution in [0.2, 0.25) is 6.55 Å². The maximum Gasteiger partial charge on any atom is 0.369 e. The first-order chi connectivity index (χ1) is 23.0. The predicted molar refractivity (Wildman–Crippen MR) is 200 cm³/mol. The number of nitrogens with zero attached hydrogens (tertiary/aromatic N) is 2. The maximum absolute atomic E-state index is 6.16. The lowest BCUT2D eigenvalue weighted by molar-refractivity contribution is 0.202. The van der Waals surface area contributed by atoms with E-state index >= 15 is 0 Å². The molecule has 5 heteroatoms. The van der Waals surface area contributed by atoms with Crippen LogP contribution in [0, 0.1) is 6.92 Å². The molecule has 6 aromatic rings. The topological polar surface area (TPSA) is 24.9 Å². The molecule has 0 radical (unpaired) electrons. The zero-order valence-corrected chi connectivity index (χ0v) is 28.6. The van der Waals surface area contributed by atoms with Crippen LogP contribution in [0.1, 0.15) is 19.4 Å². The summed E-state index contributed by atoms with van der Waals surface area (Å²) < 4.78 is 12.3. The smallest absolute Gasteiger partial charge is 0.369 e. The molecule has 4 nitrogen and oxygen atoms in total. The third kappa shape index (κ3) is 7.23. The standard InChI is InChI=1S/C42H42N2O2Si/c1-5-45-47(4,46-6-2)42-31-29-41(30-32-42)44(38-23-17-33(3)18-24-38)40-27-21-35(22-28-40)34-19-25-39(26-20-34)43(36-13-9-7-10-14-36)37-15-11-8-12-16-37/h7-32H,5-6H2,1-4H3. The first-order valence-corrected chi connectivity index (χ1v) is 18.7. The van der Waals surface area contributed by atoms with Gasteiger partial charge in [-0.15, -0.1) is 0 Å². The van der Waals surface area contributed by atoms with Gasteiger partial charge < -0.3 is 18.7 Å². The molecule has 0 saturated heterocycles. The molecule has 0 amide bonds. The second kappa shape index (κ2) is 14.7. The molecule has 0 aromatic heterocycles. The van der Waals surface area contributed by atoms with Gasteiger partial charge in [0.25, 0.3) is 0 Å². The molecule has 0 atom stereocenters. The van der Waals surface area contributed by atoms with E-state index in [9.17, 15) is 0 Å². The fraction of sp³-hybridized carbons (Fsp3) is 0.143. The van der Waals surface area contributed by atoms with E-state index in [2.05, 4.69) is 181 Å². The minimum absolute atomic E-state index is 0.632. The maximum atomic E-state index is 6.16. The predicted octanol–water partition coefficient (Wildman–Crippen LogP) is 11.0. The van der Waals surface area contributed by atoms with Crippen molar-refractivity contribution in [2.45, 2.75) is 27.3 Å². The number of para-hydroxylation sites is 2. The molecular weight excluding hydrogens is 593 g/mol. The Kier molecular flexibility index (Phi) is 9.98. The fourth-order valence-corrected chi connectivity index (χ4v) is 8.31. The lowest BCUT2D eigenvalue weighted by Gasteiger charge is -2.29. The Labute approximate surface area is 280 Å². The highest BCUT2D eigenvalue weighted by molar-refractivity contribution is 6.80. The minimum Gasteiger partial charge on any atom is -0.391 e. The minimum atomic E-state index is -2.47. The molecule has 0 N–H and O–H groups in total. The average Bonchev–Trinajstić information content (AvgIpc) is 3.11. The van der Waals surface area contributed by atoms with Crippen LogP contribution in [-0.2, 0) is 8.85 Å². The third-order valence-electron chi connectivity index (χ3n) is 8.39. The quantitative estimate of drug-likeness (QED) is 0.125. The first-order valence-electron chi connectivity index (χ1n) is 16.3. The first kappa shape index (κ1) is 32.0. The molecule has 0 saturated carbocycles. The molecule has 0 aliphatic rings. The van der Waals surface area contributed by atoms with Gasteiger partial charge in [0.1, 0.15) is 0 Å². The molecule has 0 aliphatic carbocycles. The largest absolute Gasteiger partial charge is 0.391 e. The average molecular weight is 635 g/mol. The van der Waals surface area contributed by atoms with Gasteiger partial charge in [-0.2, -0.15) is 0 Å². The van der Waals surface area contributed by atoms with Gasteiger partial charge in [-0.25, -0.2) is 0 Å². The van der Waals surface area contributed by atoms with E-state index in [1.54, 1.807) is 0 Å². The number of hydrogen-bond acceptors (Lipinski definition) is 4. The van der Waals surface area contributed by atoms with Gasteiger partial charge >= 0.3 is 8.56 Å². The van der Waals surface area contributed by atoms with Crippen molar-refractivity contribution in [3.63, 3.8) is 0 Å². The summed E-state index contributed by atoms with van der Waals surface area (Å²) >= 11 is 0. The lowest BCUT2D eigenvalue weighted by atomic mass is 10.0. The summed E-state index contributed by atoms with van der Waals surface area (Å²) in [6, 6.07) is 56.0. The second-order valence-corrected chi connectivity index (χ2v) is 14.7. The summed E-state index contributed by atoms with van der Waals surface area (Å²) in [5.41, 5.74) is 10.2. The van der Waals surface area contributed by atoms with Gasteiger partial charge in [0, 0.05) is 47.3 Å². The molecule has 0 bridgehead atoms. The monoisotopic (exact) mass is 634 g/mol. The summed E-state index contributed by atoms with van der Waals surface area (Å²) in [6.07, 6.45) is 0. The molecule has 0 heterocycles. The van der Waals surface area contributed by atoms with E-state index < -0.39 is 8.56 Å². The van der Waals surface area contributed by atoms with E-state index in [1.165, 1.54) is 16.7 Å². The van der Waals surface area contributed by atoms with Crippen molar-refractivity contribution in [2.24, 2.45) is 0 Å². The van der Waals surface area contributed by atoms with Crippen LogP contribution in [0.5, 0.6) is 0 Å². The number of hydrogen-bond donors (Lipinski definition) is 0. The van der Waals surface area contributed by atoms with E-state index in [0.29, 0.717) is 13.2 Å². The van der Waals surface area contributed by atoms with Crippen molar-refractivity contribution in [3.8, 4) is 11.1 Å². The lowest BCUT2D eigenvalue weighted by Crippen LogP contribution is -2.51. The molecule has 47 heavy (non-hydrogen) atoms. The molecular formula is C42H42N2O2Si. The van der Waals surface area contributed by atoms with Gasteiger partial charge in [-0.05, 0) is 116 Å². The van der Waals surface area contributed by atoms with Gasteiger partial charge in [0.05, 0.1) is 0 Å². The third-order valence-corrected chi connectivity index (χ3v) is 11.5. The summed E-state index contributed by atoms with van der Waals surface area (Å²) in [6.45, 7) is 9.56. The summed E-state index contributed by atoms with van der Waals surface area (Å²) in [4.78, 5) is 4.58. The molecule has 0 unspecified atom stereocenters. The molecule has 6 aromatic carbocycles. The van der Waals surface area contributed by atoms with Gasteiger partial charge in [0.2, 0.25) is 0 Å². The Morgan fingerprint density at radius 1 is 0.426 bits per heavy atom. The number of aryl methyl sites for hydroxylation is 1. The normalized spacial score (nSPS) is 11.3. The molecule has 0 aliphatic heterocycles. The van der Waals surface area contributed by atoms with Crippen LogP contribution in [0.25, 0.3) is 11.1 Å². The van der Waals surface area contributed by atoms with Gasteiger partial charge in [0.15, 0.2) is 0 Å². The van der Waals surface area contributed by atoms with Crippen molar-refractivity contribution in [2.75, 3.05) is 23.0 Å². The number of anilines is 6. The Morgan fingerprint density at radius 2 is 0.745 bits per heavy atom. The van der Waals surface area contributed by atoms with E-state index in [-0.39, 0.29) is 0 Å². The number of benzene rings is 6. The van der Waals surface area contributed by atoms with Crippen molar-refractivity contribution >= 4 is 47.9 Å². The van der Waals surface area contributed by atoms with E-state index in [1.807, 2.05) is 13.8 Å². The Bertz CT molecular complexity index is 1800. The number of rotatable bonds is 12. The van der Waals surface area contributed by atoms with Crippen molar-refractivity contribution in [1.29, 1.82) is 0 Å². The Morgan fingerprint density at radius 3 is 1.11 bits per heavy atom. The zero-order chi connectivity index (χ0) is 32.6. The van der Waals surface area contributed by atoms with Crippen LogP contribution in [0.3, 0.4) is 0 Å². The van der Waals surface area contributed by atoms with Crippen LogP contribution in [-0.4, -0.2) is 21.8 Å². The molecule has 0 fully saturated rings. The van der Waals surface area contributed by atoms with Crippen LogP contribution in [0.15, 0.2) is 158 Å². The Hall–Kier alpha value is -4.94. The van der Waals surface area contributed by atoms with Crippen molar-refractivity contribution in [1.82, 2.24) is 0 Å². The highest BCUT2D eigenvalue weighted by Gasteiger charge is 2.33. The van der Waals surface area contributed by atoms with Crippen LogP contribution in [0.4, 0.5) is 34.1 Å². The zero-order valence-electron chi connectivity index (χ0n) is 27.6. The van der Waals surface area contributed by atoms with E-state index in [0.717, 1.165) is 39.3 Å². The second-order valence-electron chi connectivity index (χ2n) is 11.6. The van der Waals surface area contributed by atoms with Crippen LogP contribution >= 0.6 is 0 Å². The molecule has 6 rings (SSSR count). The van der Waals surface area contributed by atoms with Crippen molar-refractivity contribution in [3.05, 3.63) is 163 Å². The SMILES string of the molecule is CCO[Si](C)(OCC)c1ccc(N(c2ccc(C)cc2)c2ccc(-c3ccc(N(c4ccccc4)c4ccccc4)cc3)cc2)cc1.